The quantitative estimate of drug-likeness (QED) is 0.833. The third kappa shape index (κ3) is 3.96. The van der Waals surface area contributed by atoms with E-state index in [-0.39, 0.29) is 5.91 Å². The number of nitrogens with one attached hydrogen (secondary N) is 1. The zero-order valence-corrected chi connectivity index (χ0v) is 15.6. The van der Waals surface area contributed by atoms with Crippen LogP contribution in [0, 0.1) is 12.8 Å². The van der Waals surface area contributed by atoms with Crippen LogP contribution in [0.5, 0.6) is 0 Å². The number of aromatic nitrogens is 1. The number of hydrogen-bond acceptors (Lipinski definition) is 3. The molecule has 5 heteroatoms. The minimum atomic E-state index is -0.112. The highest BCUT2D eigenvalue weighted by atomic mass is 79.9. The van der Waals surface area contributed by atoms with Crippen molar-refractivity contribution in [2.24, 2.45) is 5.92 Å². The zero-order chi connectivity index (χ0) is 17.1. The predicted molar refractivity (Wildman–Crippen MR) is 102 cm³/mol. The number of anilines is 2. The Bertz CT molecular complexity index is 747. The van der Waals surface area contributed by atoms with E-state index in [4.69, 9.17) is 0 Å². The molecule has 2 heterocycles. The smallest absolute Gasteiger partial charge is 0.255 e. The molecule has 1 aromatic heterocycles. The van der Waals surface area contributed by atoms with Crippen LogP contribution in [0.4, 0.5) is 11.5 Å². The number of halogens is 1. The summed E-state index contributed by atoms with van der Waals surface area (Å²) in [7, 11) is 0. The molecule has 1 aliphatic heterocycles. The summed E-state index contributed by atoms with van der Waals surface area (Å²) < 4.78 is 0.984. The van der Waals surface area contributed by atoms with Crippen molar-refractivity contribution in [3.63, 3.8) is 0 Å². The van der Waals surface area contributed by atoms with E-state index >= 15 is 0 Å². The standard InChI is InChI=1S/C19H22BrN3O/c1-13-4-3-9-23(12-13)18-10-15(7-8-21-18)19(24)22-16-6-5-14(2)17(20)11-16/h5-8,10-11,13H,3-4,9,12H2,1-2H3,(H,22,24). The van der Waals surface area contributed by atoms with Crippen LogP contribution in [0.1, 0.15) is 35.7 Å². The van der Waals surface area contributed by atoms with E-state index in [1.54, 1.807) is 12.3 Å². The highest BCUT2D eigenvalue weighted by molar-refractivity contribution is 9.10. The molecule has 2 aromatic rings. The monoisotopic (exact) mass is 387 g/mol. The van der Waals surface area contributed by atoms with Gasteiger partial charge in [-0.25, -0.2) is 4.98 Å². The van der Waals surface area contributed by atoms with Crippen LogP contribution < -0.4 is 10.2 Å². The zero-order valence-electron chi connectivity index (χ0n) is 14.1. The fourth-order valence-corrected chi connectivity index (χ4v) is 3.38. The van der Waals surface area contributed by atoms with Crippen molar-refractivity contribution in [1.29, 1.82) is 0 Å². The van der Waals surface area contributed by atoms with Gasteiger partial charge in [-0.15, -0.1) is 0 Å². The molecule has 1 aromatic carbocycles. The molecule has 1 fully saturated rings. The van der Waals surface area contributed by atoms with Gasteiger partial charge in [-0.2, -0.15) is 0 Å². The Morgan fingerprint density at radius 1 is 1.33 bits per heavy atom. The van der Waals surface area contributed by atoms with Gasteiger partial charge in [-0.3, -0.25) is 4.79 Å². The second kappa shape index (κ2) is 7.34. The number of hydrogen-bond donors (Lipinski definition) is 1. The summed E-state index contributed by atoms with van der Waals surface area (Å²) in [6.45, 7) is 6.29. The molecule has 0 bridgehead atoms. The maximum atomic E-state index is 12.5. The summed E-state index contributed by atoms with van der Waals surface area (Å²) in [4.78, 5) is 19.3. The first-order valence-corrected chi connectivity index (χ1v) is 9.11. The van der Waals surface area contributed by atoms with Crippen molar-refractivity contribution < 1.29 is 4.79 Å². The van der Waals surface area contributed by atoms with Gasteiger partial charge < -0.3 is 10.2 Å². The van der Waals surface area contributed by atoms with E-state index in [0.29, 0.717) is 11.5 Å². The fourth-order valence-electron chi connectivity index (χ4n) is 3.00. The number of amides is 1. The van der Waals surface area contributed by atoms with E-state index in [9.17, 15) is 4.79 Å². The number of carbonyl (C=O) groups excluding carboxylic acids is 1. The Labute approximate surface area is 151 Å². The van der Waals surface area contributed by atoms with Crippen molar-refractivity contribution in [1.82, 2.24) is 4.98 Å². The average molecular weight is 388 g/mol. The molecular weight excluding hydrogens is 366 g/mol. The third-order valence-corrected chi connectivity index (χ3v) is 5.27. The molecule has 1 aliphatic rings. The number of piperidine rings is 1. The number of aryl methyl sites for hydroxylation is 1. The summed E-state index contributed by atoms with van der Waals surface area (Å²) in [5.74, 6) is 1.45. The van der Waals surface area contributed by atoms with Gasteiger partial charge >= 0.3 is 0 Å². The molecule has 3 rings (SSSR count). The van der Waals surface area contributed by atoms with Crippen LogP contribution in [0.25, 0.3) is 0 Å². The summed E-state index contributed by atoms with van der Waals surface area (Å²) in [5.41, 5.74) is 2.55. The van der Waals surface area contributed by atoms with Crippen LogP contribution in [-0.2, 0) is 0 Å². The Hall–Kier alpha value is -1.88. The summed E-state index contributed by atoms with van der Waals surface area (Å²) in [6.07, 6.45) is 4.16. The minimum Gasteiger partial charge on any atom is -0.356 e. The first-order valence-electron chi connectivity index (χ1n) is 8.31. The average Bonchev–Trinajstić information content (AvgIpc) is 2.58. The van der Waals surface area contributed by atoms with Crippen molar-refractivity contribution in [2.75, 3.05) is 23.3 Å². The fraction of sp³-hybridized carbons (Fsp3) is 0.368. The van der Waals surface area contributed by atoms with Gasteiger partial charge in [0, 0.05) is 35.0 Å². The summed E-state index contributed by atoms with van der Waals surface area (Å²) >= 11 is 3.49. The topological polar surface area (TPSA) is 45.2 Å². The van der Waals surface area contributed by atoms with E-state index < -0.39 is 0 Å². The molecule has 0 spiro atoms. The van der Waals surface area contributed by atoms with Gasteiger partial charge in [0.2, 0.25) is 0 Å². The Kier molecular flexibility index (Phi) is 5.19. The normalized spacial score (nSPS) is 17.6. The number of pyridine rings is 1. The van der Waals surface area contributed by atoms with Crippen LogP contribution in [0.3, 0.4) is 0 Å². The molecule has 1 atom stereocenters. The number of carbonyl (C=O) groups is 1. The van der Waals surface area contributed by atoms with Crippen molar-refractivity contribution in [2.45, 2.75) is 26.7 Å². The largest absolute Gasteiger partial charge is 0.356 e. The first kappa shape index (κ1) is 17.0. The molecule has 1 amide bonds. The molecule has 126 valence electrons. The molecule has 0 radical (unpaired) electrons. The van der Waals surface area contributed by atoms with Crippen LogP contribution in [0.15, 0.2) is 41.0 Å². The number of rotatable bonds is 3. The van der Waals surface area contributed by atoms with Gasteiger partial charge in [0.05, 0.1) is 0 Å². The van der Waals surface area contributed by atoms with E-state index in [2.05, 4.69) is 38.1 Å². The highest BCUT2D eigenvalue weighted by Gasteiger charge is 2.18. The van der Waals surface area contributed by atoms with Crippen LogP contribution in [0.2, 0.25) is 0 Å². The van der Waals surface area contributed by atoms with Gasteiger partial charge in [0.15, 0.2) is 0 Å². The van der Waals surface area contributed by atoms with Crippen molar-refractivity contribution >= 4 is 33.3 Å². The molecule has 1 unspecified atom stereocenters. The maximum Gasteiger partial charge on any atom is 0.255 e. The second-order valence-corrected chi connectivity index (χ2v) is 7.37. The Balaban J connectivity index is 1.75. The highest BCUT2D eigenvalue weighted by Crippen LogP contribution is 2.23. The lowest BCUT2D eigenvalue weighted by Gasteiger charge is -2.31. The molecule has 4 nitrogen and oxygen atoms in total. The molecule has 0 aliphatic carbocycles. The minimum absolute atomic E-state index is 0.112. The first-order chi connectivity index (χ1) is 11.5. The van der Waals surface area contributed by atoms with Gasteiger partial charge in [0.1, 0.15) is 5.82 Å². The lowest BCUT2D eigenvalue weighted by Crippen LogP contribution is -2.34. The summed E-state index contributed by atoms with van der Waals surface area (Å²) in [6, 6.07) is 9.45. The van der Waals surface area contributed by atoms with Crippen molar-refractivity contribution in [3.05, 3.63) is 52.1 Å². The van der Waals surface area contributed by atoms with E-state index in [0.717, 1.165) is 34.6 Å². The van der Waals surface area contributed by atoms with Crippen LogP contribution in [-0.4, -0.2) is 24.0 Å². The van der Waals surface area contributed by atoms with Crippen molar-refractivity contribution in [3.8, 4) is 0 Å². The number of nitrogens with zero attached hydrogens (tertiary/aromatic N) is 2. The number of benzene rings is 1. The van der Waals surface area contributed by atoms with Gasteiger partial charge in [-0.1, -0.05) is 28.9 Å². The Morgan fingerprint density at radius 2 is 2.17 bits per heavy atom. The third-order valence-electron chi connectivity index (χ3n) is 4.42. The van der Waals surface area contributed by atoms with Crippen LogP contribution >= 0.6 is 15.9 Å². The lowest BCUT2D eigenvalue weighted by atomic mass is 10.0. The molecule has 1 N–H and O–H groups in total. The van der Waals surface area contributed by atoms with Gasteiger partial charge in [0.25, 0.3) is 5.91 Å². The molecular formula is C19H22BrN3O. The molecule has 1 saturated heterocycles. The maximum absolute atomic E-state index is 12.5. The van der Waals surface area contributed by atoms with E-state index in [1.807, 2.05) is 31.2 Å². The Morgan fingerprint density at radius 3 is 2.92 bits per heavy atom. The van der Waals surface area contributed by atoms with E-state index in [1.165, 1.54) is 12.8 Å². The second-order valence-electron chi connectivity index (χ2n) is 6.51. The SMILES string of the molecule is Cc1ccc(NC(=O)c2ccnc(N3CCCC(C)C3)c2)cc1Br. The summed E-state index contributed by atoms with van der Waals surface area (Å²) in [5, 5.41) is 2.95. The predicted octanol–water partition coefficient (Wildman–Crippen LogP) is 4.64. The van der Waals surface area contributed by atoms with Gasteiger partial charge in [-0.05, 0) is 55.5 Å². The lowest BCUT2D eigenvalue weighted by molar-refractivity contribution is 0.102. The molecule has 24 heavy (non-hydrogen) atoms. The molecule has 0 saturated carbocycles.